The predicted octanol–water partition coefficient (Wildman–Crippen LogP) is 10.3. The first-order valence-corrected chi connectivity index (χ1v) is 15.1. The van der Waals surface area contributed by atoms with Gasteiger partial charge in [0.1, 0.15) is 6.07 Å². The lowest BCUT2D eigenvalue weighted by Crippen LogP contribution is -1.94. The third-order valence-corrected chi connectivity index (χ3v) is 10.0. The lowest BCUT2D eigenvalue weighted by atomic mass is 9.95. The topological polar surface area (TPSA) is 65.7 Å². The highest BCUT2D eigenvalue weighted by Crippen LogP contribution is 2.46. The van der Waals surface area contributed by atoms with Crippen molar-refractivity contribution in [3.05, 3.63) is 119 Å². The van der Waals surface area contributed by atoms with Gasteiger partial charge in [-0.05, 0) is 60.4 Å². The Morgan fingerprint density at radius 2 is 1.56 bits per heavy atom. The largest absolute Gasteiger partial charge is 0.452 e. The number of rotatable bonds is 2. The summed E-state index contributed by atoms with van der Waals surface area (Å²) in [5, 5.41) is 25.0. The third-order valence-electron chi connectivity index (χ3n) is 8.73. The van der Waals surface area contributed by atoms with Crippen LogP contribution in [0, 0.1) is 22.7 Å². The number of thiophene rings is 1. The van der Waals surface area contributed by atoms with Crippen LogP contribution in [0.5, 0.6) is 0 Å². The van der Waals surface area contributed by atoms with Gasteiger partial charge in [0.15, 0.2) is 11.2 Å². The summed E-state index contributed by atoms with van der Waals surface area (Å²) in [6.07, 6.45) is 6.68. The highest BCUT2D eigenvalue weighted by molar-refractivity contribution is 7.20. The SMILES string of the molecule is N#Cc1ccc2c(c1)c1ccccc1n2-c1cccc2c1oc1c(C#N)ccc(-c3cccc4c5c(sc34)CCC=C5)c12. The van der Waals surface area contributed by atoms with E-state index < -0.39 is 0 Å². The zero-order valence-electron chi connectivity index (χ0n) is 22.9. The number of benzene rings is 5. The van der Waals surface area contributed by atoms with E-state index in [1.54, 1.807) is 0 Å². The summed E-state index contributed by atoms with van der Waals surface area (Å²) < 4.78 is 10.2. The Hall–Kier alpha value is -5.62. The number of fused-ring (bicyclic) bond motifs is 9. The van der Waals surface area contributed by atoms with Crippen molar-refractivity contribution in [2.75, 3.05) is 0 Å². The fourth-order valence-corrected chi connectivity index (χ4v) is 8.19. The van der Waals surface area contributed by atoms with Gasteiger partial charge in [0.25, 0.3) is 0 Å². The number of aromatic nitrogens is 1. The van der Waals surface area contributed by atoms with Crippen molar-refractivity contribution in [3.63, 3.8) is 0 Å². The van der Waals surface area contributed by atoms with E-state index in [9.17, 15) is 10.5 Å². The van der Waals surface area contributed by atoms with Crippen LogP contribution in [0.2, 0.25) is 0 Å². The molecule has 0 atom stereocenters. The van der Waals surface area contributed by atoms with Crippen LogP contribution in [-0.2, 0) is 6.42 Å². The van der Waals surface area contributed by atoms with E-state index in [4.69, 9.17) is 4.42 Å². The average molecular weight is 568 g/mol. The van der Waals surface area contributed by atoms with Gasteiger partial charge in [-0.3, -0.25) is 0 Å². The molecule has 0 saturated heterocycles. The maximum atomic E-state index is 10.1. The summed E-state index contributed by atoms with van der Waals surface area (Å²) in [6.45, 7) is 0. The number of allylic oxidation sites excluding steroid dienone is 1. The van der Waals surface area contributed by atoms with Crippen molar-refractivity contribution >= 4 is 71.2 Å². The Labute approximate surface area is 250 Å². The number of nitriles is 2. The van der Waals surface area contributed by atoms with Gasteiger partial charge in [-0.1, -0.05) is 66.7 Å². The van der Waals surface area contributed by atoms with Crippen LogP contribution in [0.4, 0.5) is 0 Å². The van der Waals surface area contributed by atoms with Crippen molar-refractivity contribution in [1.82, 2.24) is 4.57 Å². The Kier molecular flexibility index (Phi) is 4.99. The van der Waals surface area contributed by atoms with Gasteiger partial charge in [-0.15, -0.1) is 11.3 Å². The molecule has 1 aliphatic rings. The number of hydrogen-bond donors (Lipinski definition) is 0. The molecule has 4 nitrogen and oxygen atoms in total. The zero-order valence-corrected chi connectivity index (χ0v) is 23.7. The first-order chi connectivity index (χ1) is 21.2. The van der Waals surface area contributed by atoms with E-state index in [1.807, 2.05) is 47.7 Å². The molecule has 5 aromatic carbocycles. The van der Waals surface area contributed by atoms with E-state index in [0.29, 0.717) is 16.7 Å². The van der Waals surface area contributed by atoms with E-state index in [1.165, 1.54) is 20.5 Å². The molecule has 5 heteroatoms. The van der Waals surface area contributed by atoms with Gasteiger partial charge in [0.2, 0.25) is 0 Å². The Morgan fingerprint density at radius 3 is 2.47 bits per heavy atom. The average Bonchev–Trinajstić information content (AvgIpc) is 3.74. The zero-order chi connectivity index (χ0) is 28.7. The van der Waals surface area contributed by atoms with Crippen LogP contribution in [0.15, 0.2) is 101 Å². The molecule has 0 unspecified atom stereocenters. The second kappa shape index (κ2) is 8.94. The fraction of sp³-hybridized carbons (Fsp3) is 0.0526. The summed E-state index contributed by atoms with van der Waals surface area (Å²) in [4.78, 5) is 1.43. The summed E-state index contributed by atoms with van der Waals surface area (Å²) in [5.74, 6) is 0. The van der Waals surface area contributed by atoms with Crippen molar-refractivity contribution in [2.24, 2.45) is 0 Å². The van der Waals surface area contributed by atoms with Gasteiger partial charge in [-0.25, -0.2) is 0 Å². The van der Waals surface area contributed by atoms with Gasteiger partial charge in [0.05, 0.1) is 33.9 Å². The van der Waals surface area contributed by atoms with E-state index in [-0.39, 0.29) is 0 Å². The van der Waals surface area contributed by atoms with Crippen molar-refractivity contribution in [1.29, 1.82) is 10.5 Å². The molecule has 0 aliphatic heterocycles. The van der Waals surface area contributed by atoms with Gasteiger partial charge >= 0.3 is 0 Å². The minimum absolute atomic E-state index is 0.516. The monoisotopic (exact) mass is 567 g/mol. The summed E-state index contributed by atoms with van der Waals surface area (Å²) >= 11 is 1.88. The first kappa shape index (κ1) is 24.0. The molecule has 0 saturated carbocycles. The first-order valence-electron chi connectivity index (χ1n) is 14.3. The maximum Gasteiger partial charge on any atom is 0.159 e. The van der Waals surface area contributed by atoms with Crippen LogP contribution < -0.4 is 0 Å². The molecule has 0 bridgehead atoms. The number of furan rings is 1. The molecule has 0 amide bonds. The number of para-hydroxylation sites is 2. The lowest BCUT2D eigenvalue weighted by Gasteiger charge is -2.09. The van der Waals surface area contributed by atoms with Gasteiger partial charge < -0.3 is 8.98 Å². The molecule has 8 aromatic rings. The second-order valence-corrected chi connectivity index (χ2v) is 12.1. The van der Waals surface area contributed by atoms with Crippen LogP contribution in [0.1, 0.15) is 28.0 Å². The standard InChI is InChI=1S/C38H21N3OS/c39-20-22-15-18-32-30(19-22)24-7-1-3-12-31(24)41(32)33-13-6-11-29-35-26(17-16-23(21-40)36(35)42-37(29)33)28-10-5-9-27-25-8-2-4-14-34(25)43-38(27)28/h1-3,5-13,15-19H,4,14H2. The van der Waals surface area contributed by atoms with Crippen molar-refractivity contribution in [2.45, 2.75) is 12.8 Å². The molecule has 3 heterocycles. The highest BCUT2D eigenvalue weighted by atomic mass is 32.1. The van der Waals surface area contributed by atoms with Crippen LogP contribution in [-0.4, -0.2) is 4.57 Å². The molecule has 3 aromatic heterocycles. The molecular formula is C38H21N3OS. The molecule has 1 aliphatic carbocycles. The summed E-state index contributed by atoms with van der Waals surface area (Å²) in [7, 11) is 0. The Bertz CT molecular complexity index is 2600. The molecule has 43 heavy (non-hydrogen) atoms. The van der Waals surface area contributed by atoms with Gasteiger partial charge in [-0.2, -0.15) is 10.5 Å². The van der Waals surface area contributed by atoms with E-state index in [2.05, 4.69) is 83.5 Å². The predicted molar refractivity (Wildman–Crippen MR) is 176 cm³/mol. The molecule has 0 fully saturated rings. The Balaban J connectivity index is 1.39. The minimum atomic E-state index is 0.516. The molecule has 0 radical (unpaired) electrons. The molecule has 0 spiro atoms. The maximum absolute atomic E-state index is 10.1. The normalized spacial score (nSPS) is 12.8. The molecule has 9 rings (SSSR count). The highest BCUT2D eigenvalue weighted by Gasteiger charge is 2.23. The van der Waals surface area contributed by atoms with Crippen molar-refractivity contribution in [3.8, 4) is 29.0 Å². The van der Waals surface area contributed by atoms with Crippen LogP contribution in [0.25, 0.3) is 76.7 Å². The van der Waals surface area contributed by atoms with Crippen LogP contribution in [0.3, 0.4) is 0 Å². The number of aryl methyl sites for hydroxylation is 1. The second-order valence-electron chi connectivity index (χ2n) is 11.0. The number of nitrogens with zero attached hydrogens (tertiary/aromatic N) is 3. The molecule has 0 N–H and O–H groups in total. The minimum Gasteiger partial charge on any atom is -0.452 e. The third kappa shape index (κ3) is 3.29. The van der Waals surface area contributed by atoms with Gasteiger partial charge in [0, 0.05) is 42.1 Å². The van der Waals surface area contributed by atoms with Crippen molar-refractivity contribution < 1.29 is 4.42 Å². The molecular weight excluding hydrogens is 547 g/mol. The smallest absolute Gasteiger partial charge is 0.159 e. The number of hydrogen-bond acceptors (Lipinski definition) is 4. The van der Waals surface area contributed by atoms with E-state index in [0.717, 1.165) is 67.8 Å². The summed E-state index contributed by atoms with van der Waals surface area (Å²) in [5.41, 5.74) is 8.97. The fourth-order valence-electron chi connectivity index (χ4n) is 6.86. The van der Waals surface area contributed by atoms with Crippen LogP contribution >= 0.6 is 11.3 Å². The summed E-state index contributed by atoms with van der Waals surface area (Å²) in [6, 6.07) is 35.5. The quantitative estimate of drug-likeness (QED) is 0.209. The lowest BCUT2D eigenvalue weighted by molar-refractivity contribution is 0.665. The Morgan fingerprint density at radius 1 is 0.721 bits per heavy atom. The molecule has 200 valence electrons. The van der Waals surface area contributed by atoms with E-state index >= 15 is 0 Å².